The monoisotopic (exact) mass is 624 g/mol. The van der Waals surface area contributed by atoms with Gasteiger partial charge in [-0.3, -0.25) is 4.79 Å². The topological polar surface area (TPSA) is 126 Å². The Morgan fingerprint density at radius 1 is 0.932 bits per heavy atom. The molecule has 0 fully saturated rings. The van der Waals surface area contributed by atoms with E-state index < -0.39 is 22.1 Å². The van der Waals surface area contributed by atoms with E-state index in [-0.39, 0.29) is 30.3 Å². The molecule has 2 atom stereocenters. The van der Waals surface area contributed by atoms with Crippen molar-refractivity contribution in [3.05, 3.63) is 88.1 Å². The van der Waals surface area contributed by atoms with Gasteiger partial charge in [0.05, 0.1) is 32.4 Å². The van der Waals surface area contributed by atoms with Crippen LogP contribution in [0.15, 0.2) is 60.7 Å². The number of rotatable bonds is 15. The van der Waals surface area contributed by atoms with Crippen molar-refractivity contribution in [3.63, 3.8) is 0 Å². The van der Waals surface area contributed by atoms with E-state index in [0.29, 0.717) is 60.3 Å². The van der Waals surface area contributed by atoms with Crippen LogP contribution in [-0.4, -0.2) is 69.4 Å². The molecule has 0 saturated heterocycles. The van der Waals surface area contributed by atoms with Gasteiger partial charge >= 0.3 is 5.97 Å². The number of hydrogen-bond donors (Lipinski definition) is 2. The number of carbonyl (C=O) groups is 2. The van der Waals surface area contributed by atoms with E-state index in [1.807, 2.05) is 12.1 Å². The number of unbranched alkanes of at least 4 members (excludes halogenated alkanes) is 3. The van der Waals surface area contributed by atoms with Crippen molar-refractivity contribution >= 4 is 29.2 Å². The number of phenols is 1. The summed E-state index contributed by atoms with van der Waals surface area (Å²) in [5.41, 5.74) is 1.11. The summed E-state index contributed by atoms with van der Waals surface area (Å²) in [6.45, 7) is 1.78. The number of esters is 1. The molecule has 5 rings (SSSR count). The third-order valence-corrected chi connectivity index (χ3v) is 8.05. The zero-order chi connectivity index (χ0) is 31.2. The van der Waals surface area contributed by atoms with Crippen LogP contribution >= 0.6 is 11.6 Å². The Labute approximate surface area is 261 Å². The third kappa shape index (κ3) is 6.69. The second-order valence-corrected chi connectivity index (χ2v) is 11.4. The number of amides is 1. The summed E-state index contributed by atoms with van der Waals surface area (Å²) in [6.07, 6.45) is 4.22. The fourth-order valence-corrected chi connectivity index (χ4v) is 5.79. The number of likely N-dealkylation sites (N-methyl/N-ethyl adjacent to an activating group) is 1. The van der Waals surface area contributed by atoms with Crippen LogP contribution in [0.5, 0.6) is 17.2 Å². The number of hydrogen-bond acceptors (Lipinski definition) is 8. The van der Waals surface area contributed by atoms with Crippen LogP contribution in [0.4, 0.5) is 5.69 Å². The standard InChI is InChI=1S/C33H37ClN2O8/c1-36(40,22-31(38)35-15-17-42-19-18-41-16-7-3-2-6-14-34)23-10-12-27-29(20-23)43-30-21-24(37)11-13-28(30)33(27)26-9-5-4-8-25(26)32(39)44-33/h4-5,8-13,20-21,37H,2-3,6-7,14-19,22H2,1H3,(H,35,38). The summed E-state index contributed by atoms with van der Waals surface area (Å²) in [5.74, 6) is 0.343. The van der Waals surface area contributed by atoms with Crippen LogP contribution in [0, 0.1) is 5.21 Å². The molecule has 2 heterocycles. The van der Waals surface area contributed by atoms with Gasteiger partial charge in [0.2, 0.25) is 0 Å². The van der Waals surface area contributed by atoms with Crippen LogP contribution in [-0.2, 0) is 24.6 Å². The summed E-state index contributed by atoms with van der Waals surface area (Å²) in [7, 11) is 1.38. The smallest absolute Gasteiger partial charge is 0.340 e. The minimum absolute atomic E-state index is 0.0254. The van der Waals surface area contributed by atoms with Crippen LogP contribution in [0.25, 0.3) is 0 Å². The first kappa shape index (κ1) is 31.7. The quantitative estimate of drug-likeness (QED) is 0.0763. The highest BCUT2D eigenvalue weighted by atomic mass is 35.5. The molecular formula is C33H37ClN2O8. The molecule has 44 heavy (non-hydrogen) atoms. The third-order valence-electron chi connectivity index (χ3n) is 7.79. The molecule has 2 aliphatic heterocycles. The van der Waals surface area contributed by atoms with E-state index in [1.54, 1.807) is 36.4 Å². The van der Waals surface area contributed by atoms with Gasteiger partial charge in [-0.25, -0.2) is 4.79 Å². The number of ether oxygens (including phenoxy) is 4. The Morgan fingerprint density at radius 2 is 1.64 bits per heavy atom. The van der Waals surface area contributed by atoms with E-state index in [0.717, 1.165) is 25.7 Å². The van der Waals surface area contributed by atoms with Gasteiger partial charge < -0.3 is 39.2 Å². The first-order chi connectivity index (χ1) is 21.3. The molecule has 0 bridgehead atoms. The lowest BCUT2D eigenvalue weighted by molar-refractivity contribution is -0.121. The first-order valence-corrected chi connectivity index (χ1v) is 15.3. The van der Waals surface area contributed by atoms with E-state index in [4.69, 9.17) is 30.5 Å². The minimum Gasteiger partial charge on any atom is -0.627 e. The molecule has 0 radical (unpaired) electrons. The molecule has 0 saturated carbocycles. The fraction of sp³-hybridized carbons (Fsp3) is 0.394. The maximum Gasteiger partial charge on any atom is 0.340 e. The number of hydroxylamine groups is 2. The Balaban J connectivity index is 1.20. The van der Waals surface area contributed by atoms with Crippen molar-refractivity contribution < 1.29 is 33.6 Å². The Kier molecular flexibility index (Phi) is 10.1. The summed E-state index contributed by atoms with van der Waals surface area (Å²) in [5, 5.41) is 26.5. The molecule has 11 heteroatoms. The van der Waals surface area contributed by atoms with Crippen LogP contribution in [0.3, 0.4) is 0 Å². The van der Waals surface area contributed by atoms with Crippen LogP contribution in [0.1, 0.15) is 52.7 Å². The molecule has 2 N–H and O–H groups in total. The largest absolute Gasteiger partial charge is 0.627 e. The zero-order valence-corrected chi connectivity index (χ0v) is 25.4. The highest BCUT2D eigenvalue weighted by molar-refractivity contribution is 6.17. The highest BCUT2D eigenvalue weighted by Gasteiger charge is 2.53. The summed E-state index contributed by atoms with van der Waals surface area (Å²) in [4.78, 5) is 25.6. The highest BCUT2D eigenvalue weighted by Crippen LogP contribution is 2.57. The van der Waals surface area contributed by atoms with Crippen LogP contribution in [0.2, 0.25) is 0 Å². The van der Waals surface area contributed by atoms with Crippen molar-refractivity contribution in [1.82, 2.24) is 9.96 Å². The van der Waals surface area contributed by atoms with Crippen molar-refractivity contribution in [1.29, 1.82) is 0 Å². The first-order valence-electron chi connectivity index (χ1n) is 14.8. The molecule has 1 amide bonds. The maximum absolute atomic E-state index is 13.6. The lowest BCUT2D eigenvalue weighted by Crippen LogP contribution is -2.47. The summed E-state index contributed by atoms with van der Waals surface area (Å²) < 4.78 is 22.3. The predicted molar refractivity (Wildman–Crippen MR) is 166 cm³/mol. The minimum atomic E-state index is -1.32. The van der Waals surface area contributed by atoms with E-state index in [1.165, 1.54) is 19.2 Å². The molecule has 2 aliphatic rings. The van der Waals surface area contributed by atoms with Gasteiger partial charge in [-0.15, -0.1) is 11.6 Å². The number of benzene rings is 3. The van der Waals surface area contributed by atoms with Crippen molar-refractivity contribution in [3.8, 4) is 17.2 Å². The number of carbonyl (C=O) groups excluding carboxylic acids is 2. The molecule has 0 aliphatic carbocycles. The number of aromatic hydroxyl groups is 1. The van der Waals surface area contributed by atoms with Crippen LogP contribution < -0.4 is 14.7 Å². The number of fused-ring (bicyclic) bond motifs is 6. The number of phenolic OH excluding ortho intramolecular Hbond substituents is 1. The molecular weight excluding hydrogens is 588 g/mol. The van der Waals surface area contributed by atoms with E-state index in [9.17, 15) is 19.9 Å². The Morgan fingerprint density at radius 3 is 2.43 bits per heavy atom. The zero-order valence-electron chi connectivity index (χ0n) is 24.7. The Hall–Kier alpha value is -3.67. The van der Waals surface area contributed by atoms with Gasteiger partial charge in [-0.1, -0.05) is 31.0 Å². The number of nitrogens with one attached hydrogen (secondary N) is 1. The van der Waals surface area contributed by atoms with Crippen molar-refractivity contribution in [2.45, 2.75) is 31.3 Å². The number of halogens is 1. The average Bonchev–Trinajstić information content (AvgIpc) is 3.29. The lowest BCUT2D eigenvalue weighted by Gasteiger charge is -2.40. The van der Waals surface area contributed by atoms with E-state index in [2.05, 4.69) is 5.32 Å². The van der Waals surface area contributed by atoms with Gasteiger partial charge in [0, 0.05) is 53.9 Å². The van der Waals surface area contributed by atoms with Gasteiger partial charge in [0.15, 0.2) is 12.1 Å². The fourth-order valence-electron chi connectivity index (χ4n) is 5.61. The van der Waals surface area contributed by atoms with Crippen molar-refractivity contribution in [2.24, 2.45) is 0 Å². The second-order valence-electron chi connectivity index (χ2n) is 11.0. The molecule has 0 aromatic heterocycles. The van der Waals surface area contributed by atoms with Gasteiger partial charge in [-0.05, 0) is 37.1 Å². The number of alkyl halides is 1. The van der Waals surface area contributed by atoms with Gasteiger partial charge in [-0.2, -0.15) is 0 Å². The van der Waals surface area contributed by atoms with Crippen molar-refractivity contribution in [2.75, 3.05) is 52.4 Å². The maximum atomic E-state index is 13.6. The average molecular weight is 625 g/mol. The second kappa shape index (κ2) is 14.0. The lowest BCUT2D eigenvalue weighted by atomic mass is 9.77. The summed E-state index contributed by atoms with van der Waals surface area (Å²) >= 11 is 5.67. The molecule has 3 aromatic carbocycles. The van der Waals surface area contributed by atoms with Gasteiger partial charge in [0.1, 0.15) is 22.9 Å². The molecule has 2 unspecified atom stereocenters. The number of nitrogens with zero attached hydrogens (tertiary/aromatic N) is 1. The summed E-state index contributed by atoms with van der Waals surface area (Å²) in [6, 6.07) is 16.6. The molecule has 234 valence electrons. The molecule has 3 aromatic rings. The molecule has 10 nitrogen and oxygen atoms in total. The Bertz CT molecular complexity index is 1500. The molecule has 1 spiro atoms. The SMILES string of the molecule is C[N+]([O-])(CC(=O)NCCOCCOCCCCCCCl)c1ccc2c(c1)Oc1cc(O)ccc1C21OC(=O)c2ccccc21. The van der Waals surface area contributed by atoms with E-state index >= 15 is 0 Å². The number of quaternary nitrogens is 1. The predicted octanol–water partition coefficient (Wildman–Crippen LogP) is 5.34. The van der Waals surface area contributed by atoms with Gasteiger partial charge in [0.25, 0.3) is 5.91 Å². The normalized spacial score (nSPS) is 17.7.